The van der Waals surface area contributed by atoms with E-state index in [1.54, 1.807) is 12.1 Å². The lowest BCUT2D eigenvalue weighted by molar-refractivity contribution is -0.384. The summed E-state index contributed by atoms with van der Waals surface area (Å²) < 4.78 is 8.15. The summed E-state index contributed by atoms with van der Waals surface area (Å²) in [6.07, 6.45) is 7.63. The molecule has 52 heavy (non-hydrogen) atoms. The third-order valence-electron chi connectivity index (χ3n) is 12.2. The van der Waals surface area contributed by atoms with Gasteiger partial charge in [0.15, 0.2) is 0 Å². The van der Waals surface area contributed by atoms with Crippen LogP contribution in [0.15, 0.2) is 66.7 Å². The molecule has 272 valence electrons. The topological polar surface area (TPSA) is 123 Å². The summed E-state index contributed by atoms with van der Waals surface area (Å²) in [6.45, 7) is 3.86. The molecular weight excluding hydrogens is 656 g/mol. The number of nitro benzene ring substituents is 1. The molecule has 1 aliphatic carbocycles. The Kier molecular flexibility index (Phi) is 9.70. The predicted octanol–water partition coefficient (Wildman–Crippen LogP) is 6.82. The average Bonchev–Trinajstić information content (AvgIpc) is 3.66. The number of amides is 2. The van der Waals surface area contributed by atoms with Crippen LogP contribution in [0.3, 0.4) is 0 Å². The van der Waals surface area contributed by atoms with Crippen molar-refractivity contribution in [1.82, 2.24) is 24.7 Å². The maximum absolute atomic E-state index is 14.1. The minimum atomic E-state index is -0.397. The van der Waals surface area contributed by atoms with Crippen molar-refractivity contribution in [2.24, 2.45) is 18.9 Å². The third-order valence-corrected chi connectivity index (χ3v) is 12.2. The first kappa shape index (κ1) is 34.3. The number of hydrogen-bond donors (Lipinski definition) is 1. The van der Waals surface area contributed by atoms with Gasteiger partial charge in [0.05, 0.1) is 16.0 Å². The Morgan fingerprint density at radius 3 is 2.46 bits per heavy atom. The first-order chi connectivity index (χ1) is 25.4. The number of rotatable bonds is 11. The molecule has 11 heteroatoms. The first-order valence-corrected chi connectivity index (χ1v) is 19.1. The minimum Gasteiger partial charge on any atom is -0.448 e. The molecule has 4 aliphatic rings. The number of carbonyl (C=O) groups is 2. The van der Waals surface area contributed by atoms with Gasteiger partial charge in [-0.3, -0.25) is 19.8 Å². The van der Waals surface area contributed by atoms with Crippen molar-refractivity contribution in [2.75, 3.05) is 32.8 Å². The molecule has 8 rings (SSSR count). The fraction of sp³-hybridized carbons (Fsp3) is 0.488. The monoisotopic (exact) mass is 704 g/mol. The molecule has 3 aromatic carbocycles. The van der Waals surface area contributed by atoms with Gasteiger partial charge >= 0.3 is 6.09 Å². The van der Waals surface area contributed by atoms with Crippen molar-refractivity contribution in [3.05, 3.63) is 93.8 Å². The number of non-ortho nitro benzene ring substituents is 1. The second-order valence-corrected chi connectivity index (χ2v) is 15.1. The van der Waals surface area contributed by atoms with E-state index in [4.69, 9.17) is 4.74 Å². The number of carbonyl (C=O) groups excluding carboxylic acids is 2. The number of ether oxygens (including phenoxy) is 1. The smallest absolute Gasteiger partial charge is 0.410 e. The molecule has 1 aromatic heterocycles. The number of likely N-dealkylation sites (tertiary alicyclic amines) is 1. The predicted molar refractivity (Wildman–Crippen MR) is 199 cm³/mol. The van der Waals surface area contributed by atoms with Crippen LogP contribution in [-0.4, -0.2) is 81.1 Å². The summed E-state index contributed by atoms with van der Waals surface area (Å²) in [5.74, 6) is 1.73. The van der Waals surface area contributed by atoms with E-state index < -0.39 is 4.92 Å². The molecule has 0 saturated carbocycles. The van der Waals surface area contributed by atoms with Gasteiger partial charge in [0.1, 0.15) is 12.4 Å². The molecule has 3 saturated heterocycles. The molecule has 4 heterocycles. The van der Waals surface area contributed by atoms with Gasteiger partial charge in [-0.25, -0.2) is 9.78 Å². The van der Waals surface area contributed by atoms with Crippen molar-refractivity contribution in [3.8, 4) is 11.1 Å². The lowest BCUT2D eigenvalue weighted by Gasteiger charge is -2.57. The van der Waals surface area contributed by atoms with Crippen molar-refractivity contribution < 1.29 is 19.2 Å². The number of imidazole rings is 1. The van der Waals surface area contributed by atoms with Gasteiger partial charge in [-0.1, -0.05) is 48.5 Å². The number of piperidine rings is 3. The molecule has 3 aliphatic heterocycles. The molecule has 4 atom stereocenters. The molecule has 0 bridgehead atoms. The standard InChI is InChI=1S/C41H48N6O5/c1-44-37-24-28(47(50)51)19-20-35(37)43-38(44)17-7-21-42-39(48)18-6-16-36-33-15-9-23-45-22-8-10-27(40(33)45)25-46(36)41(49)52-26-34-31-13-4-2-11-29(31)30-12-3-5-14-32(30)34/h2-5,11-14,19-20,24,27,33-34,36,40H,6-10,15-18,21-23,25-26H2,1H3,(H,42,48)/t27-,33+,36+,40-/m0/s1. The number of nitrogens with one attached hydrogen (secondary N) is 1. The Morgan fingerprint density at radius 2 is 1.71 bits per heavy atom. The van der Waals surface area contributed by atoms with Crippen LogP contribution in [0.2, 0.25) is 0 Å². The number of nitro groups is 1. The van der Waals surface area contributed by atoms with Gasteiger partial charge in [0.25, 0.3) is 5.69 Å². The minimum absolute atomic E-state index is 0.0185. The number of hydrogen-bond acceptors (Lipinski definition) is 7. The highest BCUT2D eigenvalue weighted by atomic mass is 16.6. The molecule has 3 fully saturated rings. The summed E-state index contributed by atoms with van der Waals surface area (Å²) >= 11 is 0. The summed E-state index contributed by atoms with van der Waals surface area (Å²) in [4.78, 5) is 47.3. The quantitative estimate of drug-likeness (QED) is 0.103. The van der Waals surface area contributed by atoms with E-state index in [1.165, 1.54) is 34.7 Å². The summed E-state index contributed by atoms with van der Waals surface area (Å²) in [5.41, 5.74) is 6.37. The van der Waals surface area contributed by atoms with E-state index in [1.807, 2.05) is 11.6 Å². The van der Waals surface area contributed by atoms with Gasteiger partial charge in [-0.15, -0.1) is 0 Å². The fourth-order valence-electron chi connectivity index (χ4n) is 9.85. The summed E-state index contributed by atoms with van der Waals surface area (Å²) in [7, 11) is 1.87. The Morgan fingerprint density at radius 1 is 0.981 bits per heavy atom. The maximum Gasteiger partial charge on any atom is 0.410 e. The Balaban J connectivity index is 0.883. The second kappa shape index (κ2) is 14.7. The van der Waals surface area contributed by atoms with Crippen LogP contribution in [0, 0.1) is 22.0 Å². The van der Waals surface area contributed by atoms with E-state index >= 15 is 0 Å². The van der Waals surface area contributed by atoms with Gasteiger partial charge in [0, 0.05) is 63.1 Å². The van der Waals surface area contributed by atoms with Gasteiger partial charge in [-0.2, -0.15) is 0 Å². The normalized spacial score (nSPS) is 22.4. The average molecular weight is 705 g/mol. The SMILES string of the molecule is Cn1c(CCCNC(=O)CCC[C@@H]2[C@H]3CCCN4CCC[C@@H](CN2C(=O)OCC2c5ccccc5-c5ccccc52)[C@@H]34)nc2ccc([N+](=O)[O-])cc21. The first-order valence-electron chi connectivity index (χ1n) is 19.1. The van der Waals surface area contributed by atoms with Gasteiger partial charge in [0.2, 0.25) is 5.91 Å². The van der Waals surface area contributed by atoms with Crippen LogP contribution in [-0.2, 0) is 23.0 Å². The highest BCUT2D eigenvalue weighted by molar-refractivity contribution is 5.80. The highest BCUT2D eigenvalue weighted by Crippen LogP contribution is 2.46. The second-order valence-electron chi connectivity index (χ2n) is 15.1. The zero-order valence-corrected chi connectivity index (χ0v) is 29.9. The van der Waals surface area contributed by atoms with Crippen LogP contribution >= 0.6 is 0 Å². The number of aryl methyl sites for hydroxylation is 2. The van der Waals surface area contributed by atoms with E-state index in [-0.39, 0.29) is 29.6 Å². The number of aromatic nitrogens is 2. The van der Waals surface area contributed by atoms with Crippen molar-refractivity contribution in [1.29, 1.82) is 0 Å². The van der Waals surface area contributed by atoms with Crippen LogP contribution in [0.5, 0.6) is 0 Å². The van der Waals surface area contributed by atoms with E-state index in [0.29, 0.717) is 56.7 Å². The van der Waals surface area contributed by atoms with Crippen LogP contribution in [0.1, 0.15) is 74.2 Å². The number of nitrogens with zero attached hydrogens (tertiary/aromatic N) is 5. The molecule has 11 nitrogen and oxygen atoms in total. The highest BCUT2D eigenvalue weighted by Gasteiger charge is 2.50. The molecule has 0 radical (unpaired) electrons. The van der Waals surface area contributed by atoms with Gasteiger partial charge < -0.3 is 19.5 Å². The number of fused-ring (bicyclic) bond motifs is 4. The van der Waals surface area contributed by atoms with E-state index in [0.717, 1.165) is 62.2 Å². The zero-order chi connectivity index (χ0) is 35.8. The lowest BCUT2D eigenvalue weighted by Crippen LogP contribution is -2.65. The lowest BCUT2D eigenvalue weighted by atomic mass is 9.69. The van der Waals surface area contributed by atoms with Crippen LogP contribution in [0.25, 0.3) is 22.2 Å². The Hall–Kier alpha value is -4.77. The molecule has 4 aromatic rings. The zero-order valence-electron chi connectivity index (χ0n) is 29.9. The van der Waals surface area contributed by atoms with Crippen molar-refractivity contribution >= 4 is 28.7 Å². The maximum atomic E-state index is 14.1. The molecule has 0 unspecified atom stereocenters. The van der Waals surface area contributed by atoms with Crippen molar-refractivity contribution in [3.63, 3.8) is 0 Å². The fourth-order valence-corrected chi connectivity index (χ4v) is 9.85. The Bertz CT molecular complexity index is 1930. The third kappa shape index (κ3) is 6.55. The van der Waals surface area contributed by atoms with Crippen LogP contribution in [0.4, 0.5) is 10.5 Å². The van der Waals surface area contributed by atoms with E-state index in [9.17, 15) is 19.7 Å². The van der Waals surface area contributed by atoms with Crippen LogP contribution < -0.4 is 5.32 Å². The summed E-state index contributed by atoms with van der Waals surface area (Å²) in [6, 6.07) is 22.2. The molecule has 2 amide bonds. The van der Waals surface area contributed by atoms with Gasteiger partial charge in [-0.05, 0) is 98.2 Å². The Labute approximate surface area is 304 Å². The van der Waals surface area contributed by atoms with Crippen molar-refractivity contribution in [2.45, 2.75) is 75.8 Å². The molecular formula is C41H48N6O5. The molecule has 1 N–H and O–H groups in total. The molecule has 0 spiro atoms. The largest absolute Gasteiger partial charge is 0.448 e. The summed E-state index contributed by atoms with van der Waals surface area (Å²) in [5, 5.41) is 14.3. The number of benzene rings is 3. The van der Waals surface area contributed by atoms with E-state index in [2.05, 4.69) is 68.6 Å².